The van der Waals surface area contributed by atoms with Crippen LogP contribution in [0, 0.1) is 0 Å². The predicted molar refractivity (Wildman–Crippen MR) is 89.7 cm³/mol. The van der Waals surface area contributed by atoms with Crippen LogP contribution in [-0.2, 0) is 6.54 Å². The highest BCUT2D eigenvalue weighted by atomic mass is 16.5. The highest BCUT2D eigenvalue weighted by Crippen LogP contribution is 2.14. The van der Waals surface area contributed by atoms with Crippen molar-refractivity contribution >= 4 is 16.5 Å². The number of hydrogen-bond acceptors (Lipinski definition) is 3. The van der Waals surface area contributed by atoms with E-state index in [9.17, 15) is 4.79 Å². The van der Waals surface area contributed by atoms with Gasteiger partial charge in [-0.2, -0.15) is 0 Å². The summed E-state index contributed by atoms with van der Waals surface area (Å²) in [7, 11) is 1.65. The van der Waals surface area contributed by atoms with Gasteiger partial charge in [-0.15, -0.1) is 0 Å². The highest BCUT2D eigenvalue weighted by molar-refractivity contribution is 5.81. The van der Waals surface area contributed by atoms with E-state index in [0.29, 0.717) is 13.1 Å². The van der Waals surface area contributed by atoms with E-state index in [0.717, 1.165) is 22.2 Å². The van der Waals surface area contributed by atoms with Gasteiger partial charge in [0.15, 0.2) is 0 Å². The summed E-state index contributed by atoms with van der Waals surface area (Å²) >= 11 is 0. The molecule has 0 aliphatic carbocycles. The molecule has 4 nitrogen and oxygen atoms in total. The molecule has 0 atom stereocenters. The lowest BCUT2D eigenvalue weighted by Crippen LogP contribution is -2.23. The molecule has 0 amide bonds. The molecule has 0 fully saturated rings. The second kappa shape index (κ2) is 6.35. The normalized spacial score (nSPS) is 10.6. The first-order chi connectivity index (χ1) is 10.8. The Bertz CT molecular complexity index is 822. The van der Waals surface area contributed by atoms with Crippen molar-refractivity contribution in [2.45, 2.75) is 6.54 Å². The van der Waals surface area contributed by atoms with Gasteiger partial charge in [-0.05, 0) is 41.8 Å². The van der Waals surface area contributed by atoms with Gasteiger partial charge >= 0.3 is 0 Å². The summed E-state index contributed by atoms with van der Waals surface area (Å²) in [5, 5.41) is 5.04. The van der Waals surface area contributed by atoms with Crippen molar-refractivity contribution in [2.24, 2.45) is 0 Å². The highest BCUT2D eigenvalue weighted by Gasteiger charge is 2.01. The van der Waals surface area contributed by atoms with Crippen LogP contribution >= 0.6 is 0 Å². The minimum atomic E-state index is 0.0506. The van der Waals surface area contributed by atoms with E-state index in [1.165, 1.54) is 0 Å². The molecule has 0 spiro atoms. The van der Waals surface area contributed by atoms with E-state index in [1.807, 2.05) is 60.8 Å². The summed E-state index contributed by atoms with van der Waals surface area (Å²) in [5.74, 6) is 0.830. The van der Waals surface area contributed by atoms with E-state index in [1.54, 1.807) is 11.7 Å². The Hall–Kier alpha value is -2.75. The maximum absolute atomic E-state index is 12.4. The first kappa shape index (κ1) is 14.2. The van der Waals surface area contributed by atoms with Crippen molar-refractivity contribution in [2.75, 3.05) is 19.0 Å². The van der Waals surface area contributed by atoms with Gasteiger partial charge in [0.05, 0.1) is 7.11 Å². The smallest absolute Gasteiger partial charge is 0.258 e. The lowest BCUT2D eigenvalue weighted by molar-refractivity contribution is 0.415. The van der Waals surface area contributed by atoms with Crippen molar-refractivity contribution in [3.8, 4) is 5.75 Å². The predicted octanol–water partition coefficient (Wildman–Crippen LogP) is 3.12. The molecule has 3 rings (SSSR count). The topological polar surface area (TPSA) is 43.3 Å². The third kappa shape index (κ3) is 2.96. The minimum Gasteiger partial charge on any atom is -0.497 e. The fourth-order valence-electron chi connectivity index (χ4n) is 2.44. The molecule has 0 saturated heterocycles. The molecule has 0 unspecified atom stereocenters. The molecule has 112 valence electrons. The van der Waals surface area contributed by atoms with E-state index < -0.39 is 0 Å². The molecule has 0 saturated carbocycles. The third-order valence-corrected chi connectivity index (χ3v) is 3.66. The molecule has 3 aromatic rings. The van der Waals surface area contributed by atoms with Crippen LogP contribution in [-0.4, -0.2) is 18.2 Å². The van der Waals surface area contributed by atoms with Crippen LogP contribution in [0.15, 0.2) is 65.6 Å². The van der Waals surface area contributed by atoms with Gasteiger partial charge in [0.25, 0.3) is 5.56 Å². The Labute approximate surface area is 129 Å². The van der Waals surface area contributed by atoms with E-state index in [4.69, 9.17) is 4.74 Å². The van der Waals surface area contributed by atoms with Crippen molar-refractivity contribution < 1.29 is 4.74 Å². The molecule has 1 aromatic heterocycles. The van der Waals surface area contributed by atoms with Gasteiger partial charge in [0.2, 0.25) is 0 Å². The average molecular weight is 294 g/mol. The van der Waals surface area contributed by atoms with Gasteiger partial charge < -0.3 is 14.6 Å². The number of aromatic nitrogens is 1. The lowest BCUT2D eigenvalue weighted by atomic mass is 10.2. The monoisotopic (exact) mass is 294 g/mol. The number of rotatable bonds is 5. The van der Waals surface area contributed by atoms with Crippen molar-refractivity contribution in [1.82, 2.24) is 4.57 Å². The first-order valence-corrected chi connectivity index (χ1v) is 7.24. The molecular formula is C18H18N2O2. The number of nitrogens with zero attached hydrogens (tertiary/aromatic N) is 1. The molecule has 1 N–H and O–H groups in total. The second-order valence-corrected chi connectivity index (χ2v) is 5.06. The number of benzene rings is 2. The van der Waals surface area contributed by atoms with E-state index >= 15 is 0 Å². The van der Waals surface area contributed by atoms with Gasteiger partial charge in [-0.1, -0.05) is 18.2 Å². The molecule has 22 heavy (non-hydrogen) atoms. The maximum Gasteiger partial charge on any atom is 0.258 e. The van der Waals surface area contributed by atoms with E-state index in [-0.39, 0.29) is 5.56 Å². The summed E-state index contributed by atoms with van der Waals surface area (Å²) in [6, 6.07) is 17.4. The largest absolute Gasteiger partial charge is 0.497 e. The summed E-state index contributed by atoms with van der Waals surface area (Å²) in [6.45, 7) is 1.31. The molecule has 2 aromatic carbocycles. The SMILES string of the molecule is COc1ccc(NCCn2ccc3ccccc3c2=O)cc1. The van der Waals surface area contributed by atoms with Crippen LogP contribution in [0.2, 0.25) is 0 Å². The molecular weight excluding hydrogens is 276 g/mol. The Kier molecular flexibility index (Phi) is 4.10. The molecule has 0 radical (unpaired) electrons. The molecule has 0 aliphatic rings. The summed E-state index contributed by atoms with van der Waals surface area (Å²) in [5.41, 5.74) is 1.06. The van der Waals surface area contributed by atoms with Crippen molar-refractivity contribution in [1.29, 1.82) is 0 Å². The molecule has 0 aliphatic heterocycles. The van der Waals surface area contributed by atoms with Crippen LogP contribution in [0.4, 0.5) is 5.69 Å². The first-order valence-electron chi connectivity index (χ1n) is 7.24. The van der Waals surface area contributed by atoms with Crippen LogP contribution in [0.3, 0.4) is 0 Å². The summed E-state index contributed by atoms with van der Waals surface area (Å²) in [4.78, 5) is 12.4. The molecule has 4 heteroatoms. The van der Waals surface area contributed by atoms with Gasteiger partial charge in [-0.3, -0.25) is 4.79 Å². The molecule has 0 bridgehead atoms. The number of hydrogen-bond donors (Lipinski definition) is 1. The Morgan fingerprint density at radius 3 is 2.59 bits per heavy atom. The lowest BCUT2D eigenvalue weighted by Gasteiger charge is -2.10. The zero-order valence-electron chi connectivity index (χ0n) is 12.5. The van der Waals surface area contributed by atoms with Crippen LogP contribution < -0.4 is 15.6 Å². The van der Waals surface area contributed by atoms with Gasteiger partial charge in [0.1, 0.15) is 5.75 Å². The van der Waals surface area contributed by atoms with Crippen LogP contribution in [0.1, 0.15) is 0 Å². The number of anilines is 1. The van der Waals surface area contributed by atoms with Crippen LogP contribution in [0.25, 0.3) is 10.8 Å². The van der Waals surface area contributed by atoms with Gasteiger partial charge in [-0.25, -0.2) is 0 Å². The number of nitrogens with one attached hydrogen (secondary N) is 1. The van der Waals surface area contributed by atoms with Crippen LogP contribution in [0.5, 0.6) is 5.75 Å². The van der Waals surface area contributed by atoms with Crippen molar-refractivity contribution in [3.05, 3.63) is 71.1 Å². The zero-order chi connectivity index (χ0) is 15.4. The molecule has 1 heterocycles. The third-order valence-electron chi connectivity index (χ3n) is 3.66. The number of fused-ring (bicyclic) bond motifs is 1. The Morgan fingerprint density at radius 2 is 1.82 bits per heavy atom. The average Bonchev–Trinajstić information content (AvgIpc) is 2.58. The number of ether oxygens (including phenoxy) is 1. The van der Waals surface area contributed by atoms with E-state index in [2.05, 4.69) is 5.32 Å². The number of pyridine rings is 1. The number of methoxy groups -OCH3 is 1. The van der Waals surface area contributed by atoms with Crippen molar-refractivity contribution in [3.63, 3.8) is 0 Å². The quantitative estimate of drug-likeness (QED) is 0.786. The Balaban J connectivity index is 1.68. The fraction of sp³-hybridized carbons (Fsp3) is 0.167. The Morgan fingerprint density at radius 1 is 1.05 bits per heavy atom. The standard InChI is InChI=1S/C18H18N2O2/c1-22-16-8-6-15(7-9-16)19-11-13-20-12-10-14-4-2-3-5-17(14)18(20)21/h2-10,12,19H,11,13H2,1H3. The fourth-order valence-corrected chi connectivity index (χ4v) is 2.44. The second-order valence-electron chi connectivity index (χ2n) is 5.06. The summed E-state index contributed by atoms with van der Waals surface area (Å²) < 4.78 is 6.86. The zero-order valence-corrected chi connectivity index (χ0v) is 12.5. The maximum atomic E-state index is 12.4. The minimum absolute atomic E-state index is 0.0506. The van der Waals surface area contributed by atoms with Gasteiger partial charge in [0, 0.05) is 30.4 Å². The summed E-state index contributed by atoms with van der Waals surface area (Å²) in [6.07, 6.45) is 1.85.